The van der Waals surface area contributed by atoms with Crippen LogP contribution in [0.15, 0.2) is 64.3 Å². The number of aromatic nitrogens is 1. The van der Waals surface area contributed by atoms with Gasteiger partial charge in [0.25, 0.3) is 0 Å². The van der Waals surface area contributed by atoms with Crippen molar-refractivity contribution < 1.29 is 31.1 Å². The third-order valence-electron chi connectivity index (χ3n) is 5.44. The van der Waals surface area contributed by atoms with E-state index in [0.29, 0.717) is 23.7 Å². The number of ether oxygens (including phenoxy) is 1. The maximum Gasteiger partial charge on any atom is 0.573 e. The topological polar surface area (TPSA) is 109 Å². The van der Waals surface area contributed by atoms with Crippen LogP contribution in [0.5, 0.6) is 5.75 Å². The minimum atomic E-state index is -4.82. The van der Waals surface area contributed by atoms with Gasteiger partial charge in [0.15, 0.2) is 0 Å². The number of rotatable bonds is 5. The molecule has 180 valence electrons. The Morgan fingerprint density at radius 3 is 2.53 bits per heavy atom. The molecule has 1 saturated heterocycles. The highest BCUT2D eigenvalue weighted by Gasteiger charge is 2.34. The highest BCUT2D eigenvalue weighted by Crippen LogP contribution is 2.27. The van der Waals surface area contributed by atoms with E-state index in [0.717, 1.165) is 12.1 Å². The van der Waals surface area contributed by atoms with E-state index in [2.05, 4.69) is 15.0 Å². The summed E-state index contributed by atoms with van der Waals surface area (Å²) < 4.78 is 68.3. The number of amides is 1. The van der Waals surface area contributed by atoms with Crippen molar-refractivity contribution in [1.29, 1.82) is 0 Å². The number of hydrogen-bond donors (Lipinski definition) is 2. The van der Waals surface area contributed by atoms with E-state index in [1.807, 2.05) is 0 Å². The molecule has 0 aliphatic carbocycles. The Labute approximate surface area is 192 Å². The van der Waals surface area contributed by atoms with Crippen molar-refractivity contribution in [3.63, 3.8) is 0 Å². The maximum absolute atomic E-state index is 13.2. The van der Waals surface area contributed by atoms with Crippen LogP contribution in [0.25, 0.3) is 10.9 Å². The zero-order valence-electron chi connectivity index (χ0n) is 17.6. The summed E-state index contributed by atoms with van der Waals surface area (Å²) >= 11 is 0. The quantitative estimate of drug-likeness (QED) is 0.564. The van der Waals surface area contributed by atoms with E-state index < -0.39 is 34.0 Å². The van der Waals surface area contributed by atoms with E-state index in [-0.39, 0.29) is 29.2 Å². The lowest BCUT2D eigenvalue weighted by molar-refractivity contribution is -0.274. The second-order valence-electron chi connectivity index (χ2n) is 7.84. The van der Waals surface area contributed by atoms with Crippen LogP contribution in [0.3, 0.4) is 0 Å². The smallest absolute Gasteiger partial charge is 0.406 e. The molecule has 4 rings (SSSR count). The maximum atomic E-state index is 13.2. The van der Waals surface area contributed by atoms with Crippen LogP contribution >= 0.6 is 0 Å². The normalized spacial score (nSPS) is 17.4. The number of hydrogen-bond acceptors (Lipinski definition) is 5. The van der Waals surface area contributed by atoms with Gasteiger partial charge in [-0.1, -0.05) is 0 Å². The number of benzene rings is 2. The number of halogens is 3. The number of aromatic amines is 1. The van der Waals surface area contributed by atoms with Gasteiger partial charge in [-0.3, -0.25) is 9.59 Å². The van der Waals surface area contributed by atoms with Gasteiger partial charge in [0.2, 0.25) is 21.5 Å². The molecular weight excluding hydrogens is 475 g/mol. The van der Waals surface area contributed by atoms with Gasteiger partial charge in [-0.25, -0.2) is 8.42 Å². The fourth-order valence-electron chi connectivity index (χ4n) is 3.80. The molecule has 3 aromatic rings. The van der Waals surface area contributed by atoms with Gasteiger partial charge in [0.05, 0.1) is 10.8 Å². The van der Waals surface area contributed by atoms with Crippen molar-refractivity contribution in [3.8, 4) is 5.75 Å². The van der Waals surface area contributed by atoms with Gasteiger partial charge in [-0.2, -0.15) is 4.31 Å². The van der Waals surface area contributed by atoms with E-state index in [1.54, 1.807) is 0 Å². The second-order valence-corrected chi connectivity index (χ2v) is 9.77. The second kappa shape index (κ2) is 9.11. The van der Waals surface area contributed by atoms with E-state index in [1.165, 1.54) is 46.8 Å². The van der Waals surface area contributed by atoms with Gasteiger partial charge in [0, 0.05) is 30.4 Å². The van der Waals surface area contributed by atoms with Crippen LogP contribution in [0.2, 0.25) is 0 Å². The minimum absolute atomic E-state index is 0.0346. The minimum Gasteiger partial charge on any atom is -0.406 e. The lowest BCUT2D eigenvalue weighted by Crippen LogP contribution is -2.43. The number of sulfonamides is 1. The Hall–Kier alpha value is -3.38. The standard InChI is InChI=1S/C22H20F3N3O5S/c23-22(24,25)33-17-6-4-16(5-7-17)26-21(30)15-2-1-11-28(13-15)34(31,32)18-8-9-19-14(12-18)3-10-20(29)27-19/h3-10,12,15H,1-2,11,13H2,(H,26,30)(H,27,29)/t15-/m0/s1. The summed E-state index contributed by atoms with van der Waals surface area (Å²) in [6.45, 7) is 0.215. The number of fused-ring (bicyclic) bond motifs is 1. The highest BCUT2D eigenvalue weighted by molar-refractivity contribution is 7.89. The fraction of sp³-hybridized carbons (Fsp3) is 0.273. The predicted molar refractivity (Wildman–Crippen MR) is 118 cm³/mol. The van der Waals surface area contributed by atoms with Crippen LogP contribution in [0, 0.1) is 5.92 Å². The van der Waals surface area contributed by atoms with Gasteiger partial charge in [-0.05, 0) is 66.8 Å². The first-order chi connectivity index (χ1) is 16.0. The number of pyridine rings is 1. The van der Waals surface area contributed by atoms with Crippen molar-refractivity contribution in [2.75, 3.05) is 18.4 Å². The number of nitrogens with one attached hydrogen (secondary N) is 2. The molecule has 0 spiro atoms. The summed E-state index contributed by atoms with van der Waals surface area (Å²) in [5, 5.41) is 3.17. The van der Waals surface area contributed by atoms with E-state index in [9.17, 15) is 31.2 Å². The predicted octanol–water partition coefficient (Wildman–Crippen LogP) is 3.47. The third-order valence-corrected chi connectivity index (χ3v) is 7.30. The first-order valence-electron chi connectivity index (χ1n) is 10.3. The fourth-order valence-corrected chi connectivity index (χ4v) is 5.36. The molecule has 0 radical (unpaired) electrons. The zero-order chi connectivity index (χ0) is 24.5. The lowest BCUT2D eigenvalue weighted by atomic mass is 9.99. The summed E-state index contributed by atoms with van der Waals surface area (Å²) in [5.41, 5.74) is 0.479. The molecule has 0 unspecified atom stereocenters. The molecule has 1 atom stereocenters. The highest BCUT2D eigenvalue weighted by atomic mass is 32.2. The van der Waals surface area contributed by atoms with Crippen molar-refractivity contribution in [2.45, 2.75) is 24.1 Å². The molecule has 2 N–H and O–H groups in total. The van der Waals surface area contributed by atoms with Crippen molar-refractivity contribution in [3.05, 3.63) is 65.0 Å². The Bertz CT molecular complexity index is 1370. The van der Waals surface area contributed by atoms with Crippen molar-refractivity contribution >= 4 is 32.5 Å². The first kappa shape index (κ1) is 23.8. The molecule has 34 heavy (non-hydrogen) atoms. The first-order valence-corrected chi connectivity index (χ1v) is 11.8. The van der Waals surface area contributed by atoms with Crippen LogP contribution < -0.4 is 15.6 Å². The van der Waals surface area contributed by atoms with Crippen LogP contribution in [0.1, 0.15) is 12.8 Å². The number of alkyl halides is 3. The molecule has 1 amide bonds. The molecule has 0 bridgehead atoms. The number of nitrogens with zero attached hydrogens (tertiary/aromatic N) is 1. The van der Waals surface area contributed by atoms with Gasteiger partial charge < -0.3 is 15.0 Å². The molecule has 0 saturated carbocycles. The van der Waals surface area contributed by atoms with Gasteiger partial charge in [-0.15, -0.1) is 13.2 Å². The number of anilines is 1. The Morgan fingerprint density at radius 2 is 1.82 bits per heavy atom. The van der Waals surface area contributed by atoms with Crippen molar-refractivity contribution in [2.24, 2.45) is 5.92 Å². The lowest BCUT2D eigenvalue weighted by Gasteiger charge is -2.31. The third kappa shape index (κ3) is 5.39. The number of piperidine rings is 1. The largest absolute Gasteiger partial charge is 0.573 e. The van der Waals surface area contributed by atoms with Crippen LogP contribution in [0.4, 0.5) is 18.9 Å². The number of carbonyl (C=O) groups excluding carboxylic acids is 1. The zero-order valence-corrected chi connectivity index (χ0v) is 18.4. The molecule has 1 aliphatic rings. The van der Waals surface area contributed by atoms with E-state index in [4.69, 9.17) is 0 Å². The Morgan fingerprint density at radius 1 is 1.09 bits per heavy atom. The van der Waals surface area contributed by atoms with Crippen LogP contribution in [-0.4, -0.2) is 43.1 Å². The molecule has 2 heterocycles. The summed E-state index contributed by atoms with van der Waals surface area (Å²) in [5.74, 6) is -1.48. The Kier molecular flexibility index (Phi) is 6.36. The average Bonchev–Trinajstić information content (AvgIpc) is 2.79. The monoisotopic (exact) mass is 495 g/mol. The summed E-state index contributed by atoms with van der Waals surface area (Å²) in [6, 6.07) is 11.9. The molecule has 8 nitrogen and oxygen atoms in total. The molecule has 1 aliphatic heterocycles. The molecule has 2 aromatic carbocycles. The van der Waals surface area contributed by atoms with Gasteiger partial charge >= 0.3 is 6.36 Å². The van der Waals surface area contributed by atoms with Gasteiger partial charge in [0.1, 0.15) is 5.75 Å². The summed E-state index contributed by atoms with van der Waals surface area (Å²) in [6.07, 6.45) is -3.88. The number of H-pyrrole nitrogens is 1. The average molecular weight is 495 g/mol. The number of carbonyl (C=O) groups is 1. The SMILES string of the molecule is O=C(Nc1ccc(OC(F)(F)F)cc1)[C@H]1CCCN(S(=O)(=O)c2ccc3[nH]c(=O)ccc3c2)C1. The molecule has 1 aromatic heterocycles. The molecule has 1 fully saturated rings. The van der Waals surface area contributed by atoms with Crippen LogP contribution in [-0.2, 0) is 14.8 Å². The summed E-state index contributed by atoms with van der Waals surface area (Å²) in [4.78, 5) is 26.8. The molecular formula is C22H20F3N3O5S. The summed E-state index contributed by atoms with van der Waals surface area (Å²) in [7, 11) is -3.89. The molecule has 12 heteroatoms. The Balaban J connectivity index is 1.45. The van der Waals surface area contributed by atoms with Crippen molar-refractivity contribution in [1.82, 2.24) is 9.29 Å². The van der Waals surface area contributed by atoms with E-state index >= 15 is 0 Å².